The summed E-state index contributed by atoms with van der Waals surface area (Å²) in [6.45, 7) is 3.99. The van der Waals surface area contributed by atoms with Gasteiger partial charge in [-0.15, -0.1) is 5.10 Å². The quantitative estimate of drug-likeness (QED) is 0.656. The zero-order chi connectivity index (χ0) is 20.0. The van der Waals surface area contributed by atoms with Gasteiger partial charge in [0.15, 0.2) is 5.76 Å². The summed E-state index contributed by atoms with van der Waals surface area (Å²) in [5.41, 5.74) is 6.12. The molecule has 0 radical (unpaired) electrons. The third-order valence-corrected chi connectivity index (χ3v) is 5.57. The van der Waals surface area contributed by atoms with Crippen molar-refractivity contribution < 1.29 is 9.21 Å². The second-order valence-electron chi connectivity index (χ2n) is 7.49. The Kier molecular flexibility index (Phi) is 4.31. The van der Waals surface area contributed by atoms with E-state index in [0.717, 1.165) is 39.0 Å². The first-order valence-electron chi connectivity index (χ1n) is 9.78. The summed E-state index contributed by atoms with van der Waals surface area (Å²) >= 11 is 0. The minimum atomic E-state index is -0.271. The number of anilines is 2. The molecule has 1 atom stereocenters. The van der Waals surface area contributed by atoms with Crippen molar-refractivity contribution in [2.75, 3.05) is 50.4 Å². The number of nitrogens with two attached hydrogens (primary N) is 1. The van der Waals surface area contributed by atoms with Crippen LogP contribution in [0.3, 0.4) is 0 Å². The highest BCUT2D eigenvalue weighted by Gasteiger charge is 2.36. The molecule has 11 heteroatoms. The van der Waals surface area contributed by atoms with E-state index in [1.54, 1.807) is 18.4 Å². The third-order valence-electron chi connectivity index (χ3n) is 5.57. The number of fused-ring (bicyclic) bond motifs is 1. The molecular weight excluding hydrogens is 374 g/mol. The number of carbonyl (C=O) groups excluding carboxylic acids is 1. The van der Waals surface area contributed by atoms with E-state index in [1.165, 1.54) is 4.52 Å². The molecule has 2 N–H and O–H groups in total. The number of piperazine rings is 1. The molecule has 5 rings (SSSR count). The lowest BCUT2D eigenvalue weighted by molar-refractivity contribution is -0.134. The summed E-state index contributed by atoms with van der Waals surface area (Å²) in [4.78, 5) is 32.6. The lowest BCUT2D eigenvalue weighted by Gasteiger charge is -2.35. The van der Waals surface area contributed by atoms with Crippen LogP contribution in [-0.2, 0) is 4.79 Å². The molecule has 0 spiro atoms. The number of nitrogen functional groups attached to an aromatic ring is 1. The smallest absolute Gasteiger partial charge is 0.259 e. The van der Waals surface area contributed by atoms with E-state index in [0.29, 0.717) is 29.9 Å². The van der Waals surface area contributed by atoms with E-state index < -0.39 is 0 Å². The van der Waals surface area contributed by atoms with E-state index in [-0.39, 0.29) is 17.9 Å². The first-order chi connectivity index (χ1) is 14.1. The Labute approximate surface area is 167 Å². The van der Waals surface area contributed by atoms with Gasteiger partial charge in [0.25, 0.3) is 5.78 Å². The van der Waals surface area contributed by atoms with Gasteiger partial charge in [-0.25, -0.2) is 0 Å². The van der Waals surface area contributed by atoms with E-state index >= 15 is 0 Å². The zero-order valence-corrected chi connectivity index (χ0v) is 16.2. The molecule has 2 aliphatic heterocycles. The van der Waals surface area contributed by atoms with Crippen molar-refractivity contribution in [1.82, 2.24) is 34.4 Å². The SMILES string of the molecule is CN1CCN(C(=O)[C@@H]2CCCN2c2nc(N)n3nc(-c4ccco4)nc3n2)CC1. The molecule has 3 aromatic heterocycles. The van der Waals surface area contributed by atoms with E-state index in [1.807, 2.05) is 9.80 Å². The van der Waals surface area contributed by atoms with Crippen LogP contribution >= 0.6 is 0 Å². The Hall–Kier alpha value is -3.21. The Morgan fingerprint density at radius 2 is 2.00 bits per heavy atom. The van der Waals surface area contributed by atoms with Crippen LogP contribution in [0, 0.1) is 0 Å². The Morgan fingerprint density at radius 3 is 2.76 bits per heavy atom. The number of furan rings is 1. The van der Waals surface area contributed by atoms with Gasteiger partial charge in [0.1, 0.15) is 6.04 Å². The molecule has 0 unspecified atom stereocenters. The molecule has 3 aromatic rings. The maximum absolute atomic E-state index is 13.1. The highest BCUT2D eigenvalue weighted by Crippen LogP contribution is 2.26. The molecule has 2 aliphatic rings. The molecule has 2 fully saturated rings. The van der Waals surface area contributed by atoms with Gasteiger partial charge in [-0.05, 0) is 32.0 Å². The largest absolute Gasteiger partial charge is 0.461 e. The minimum absolute atomic E-state index is 0.135. The van der Waals surface area contributed by atoms with Gasteiger partial charge in [-0.2, -0.15) is 19.5 Å². The molecular formula is C18H23N9O2. The van der Waals surface area contributed by atoms with Crippen molar-refractivity contribution in [3.63, 3.8) is 0 Å². The fourth-order valence-electron chi connectivity index (χ4n) is 3.93. The van der Waals surface area contributed by atoms with Crippen molar-refractivity contribution in [2.45, 2.75) is 18.9 Å². The number of hydrogen-bond acceptors (Lipinski definition) is 9. The van der Waals surface area contributed by atoms with Crippen molar-refractivity contribution in [3.05, 3.63) is 18.4 Å². The molecule has 152 valence electrons. The van der Waals surface area contributed by atoms with Crippen molar-refractivity contribution >= 4 is 23.6 Å². The van der Waals surface area contributed by atoms with Gasteiger partial charge in [0, 0.05) is 32.7 Å². The fourth-order valence-corrected chi connectivity index (χ4v) is 3.93. The number of likely N-dealkylation sites (N-methyl/N-ethyl adjacent to an activating group) is 1. The van der Waals surface area contributed by atoms with E-state index in [4.69, 9.17) is 10.2 Å². The minimum Gasteiger partial charge on any atom is -0.461 e. The lowest BCUT2D eigenvalue weighted by atomic mass is 10.1. The number of amides is 1. The van der Waals surface area contributed by atoms with Crippen LogP contribution in [0.5, 0.6) is 0 Å². The topological polar surface area (TPSA) is 122 Å². The maximum Gasteiger partial charge on any atom is 0.259 e. The number of carbonyl (C=O) groups is 1. The Morgan fingerprint density at radius 1 is 1.17 bits per heavy atom. The average molecular weight is 397 g/mol. The number of hydrogen-bond donors (Lipinski definition) is 1. The summed E-state index contributed by atoms with van der Waals surface area (Å²) < 4.78 is 6.73. The molecule has 1 amide bonds. The number of aromatic nitrogens is 5. The summed E-state index contributed by atoms with van der Waals surface area (Å²) in [5, 5.41) is 4.32. The van der Waals surface area contributed by atoms with Crippen LogP contribution in [0.4, 0.5) is 11.9 Å². The number of rotatable bonds is 3. The standard InChI is InChI=1S/C18H23N9O2/c1-24-7-9-25(10-8-24)15(28)12-4-2-6-26(12)17-21-16(19)27-18(22-17)20-14(23-27)13-5-3-11-29-13/h3,5,11-12H,2,4,6-10H2,1H3,(H2,19,20,21,22,23)/t12-/m0/s1. The number of nitrogens with zero attached hydrogens (tertiary/aromatic N) is 8. The van der Waals surface area contributed by atoms with Crippen molar-refractivity contribution in [3.8, 4) is 11.6 Å². The first kappa shape index (κ1) is 17.9. The Bertz CT molecular complexity index is 1020. The predicted molar refractivity (Wildman–Crippen MR) is 105 cm³/mol. The zero-order valence-electron chi connectivity index (χ0n) is 16.2. The molecule has 0 aromatic carbocycles. The monoisotopic (exact) mass is 397 g/mol. The molecule has 0 saturated carbocycles. The van der Waals surface area contributed by atoms with Crippen LogP contribution in [0.25, 0.3) is 17.4 Å². The molecule has 5 heterocycles. The second kappa shape index (κ2) is 6.99. The van der Waals surface area contributed by atoms with Gasteiger partial charge in [0.05, 0.1) is 6.26 Å². The molecule has 11 nitrogen and oxygen atoms in total. The fraction of sp³-hybridized carbons (Fsp3) is 0.500. The van der Waals surface area contributed by atoms with Crippen LogP contribution in [0.2, 0.25) is 0 Å². The highest BCUT2D eigenvalue weighted by molar-refractivity contribution is 5.85. The van der Waals surface area contributed by atoms with Crippen LogP contribution in [0.1, 0.15) is 12.8 Å². The van der Waals surface area contributed by atoms with E-state index in [9.17, 15) is 4.79 Å². The Balaban J connectivity index is 1.44. The summed E-state index contributed by atoms with van der Waals surface area (Å²) in [6.07, 6.45) is 3.24. The first-order valence-corrected chi connectivity index (χ1v) is 9.78. The average Bonchev–Trinajstić information content (AvgIpc) is 3.46. The molecule has 0 aliphatic carbocycles. The second-order valence-corrected chi connectivity index (χ2v) is 7.49. The molecule has 0 bridgehead atoms. The predicted octanol–water partition coefficient (Wildman–Crippen LogP) is 0.104. The molecule has 2 saturated heterocycles. The van der Waals surface area contributed by atoms with Crippen molar-refractivity contribution in [2.24, 2.45) is 0 Å². The van der Waals surface area contributed by atoms with Gasteiger partial charge >= 0.3 is 0 Å². The van der Waals surface area contributed by atoms with Gasteiger partial charge in [0.2, 0.25) is 23.6 Å². The lowest BCUT2D eigenvalue weighted by Crippen LogP contribution is -2.53. The van der Waals surface area contributed by atoms with Gasteiger partial charge in [-0.1, -0.05) is 0 Å². The third kappa shape index (κ3) is 3.16. The van der Waals surface area contributed by atoms with E-state index in [2.05, 4.69) is 32.0 Å². The highest BCUT2D eigenvalue weighted by atomic mass is 16.3. The molecule has 29 heavy (non-hydrogen) atoms. The normalized spacial score (nSPS) is 20.7. The van der Waals surface area contributed by atoms with Crippen LogP contribution in [-0.4, -0.2) is 86.1 Å². The van der Waals surface area contributed by atoms with Crippen LogP contribution < -0.4 is 10.6 Å². The van der Waals surface area contributed by atoms with Crippen LogP contribution in [0.15, 0.2) is 22.8 Å². The van der Waals surface area contributed by atoms with Gasteiger partial charge < -0.3 is 24.9 Å². The summed E-state index contributed by atoms with van der Waals surface area (Å²) in [5.74, 6) is 1.97. The maximum atomic E-state index is 13.1. The van der Waals surface area contributed by atoms with Crippen molar-refractivity contribution in [1.29, 1.82) is 0 Å². The summed E-state index contributed by atoms with van der Waals surface area (Å²) in [6, 6.07) is 3.26. The van der Waals surface area contributed by atoms with Gasteiger partial charge in [-0.3, -0.25) is 4.79 Å². The summed E-state index contributed by atoms with van der Waals surface area (Å²) in [7, 11) is 2.07.